The molecule has 0 heterocycles. The van der Waals surface area contributed by atoms with Crippen LogP contribution in [0.4, 0.5) is 0 Å². The summed E-state index contributed by atoms with van der Waals surface area (Å²) in [5.41, 5.74) is 0. The van der Waals surface area contributed by atoms with Gasteiger partial charge in [0.05, 0.1) is 40.3 Å². The predicted molar refractivity (Wildman–Crippen MR) is 268 cm³/mol. The summed E-state index contributed by atoms with van der Waals surface area (Å²) in [4.78, 5) is 37.0. The molecular weight excluding hydrogens is 799 g/mol. The van der Waals surface area contributed by atoms with Crippen LogP contribution >= 0.6 is 0 Å². The van der Waals surface area contributed by atoms with Crippen molar-refractivity contribution in [3.63, 3.8) is 0 Å². The van der Waals surface area contributed by atoms with Crippen molar-refractivity contribution in [3.05, 3.63) is 85.1 Å². The third-order valence-corrected chi connectivity index (χ3v) is 11.0. The number of aliphatic carboxylic acids is 1. The van der Waals surface area contributed by atoms with Gasteiger partial charge in [-0.05, 0) is 83.5 Å². The minimum Gasteiger partial charge on any atom is -0.544 e. The molecule has 0 amide bonds. The number of unbranched alkanes of at least 4 members (excludes halogenated alkanes) is 17. The van der Waals surface area contributed by atoms with Crippen molar-refractivity contribution >= 4 is 17.9 Å². The normalized spacial score (nSPS) is 13.6. The minimum absolute atomic E-state index is 0.0168. The van der Waals surface area contributed by atoms with Crippen molar-refractivity contribution in [3.8, 4) is 0 Å². The maximum Gasteiger partial charge on any atom is 0.306 e. The molecule has 8 nitrogen and oxygen atoms in total. The number of carbonyl (C=O) groups is 3. The third kappa shape index (κ3) is 43.7. The number of hydrogen-bond donors (Lipinski definition) is 0. The smallest absolute Gasteiger partial charge is 0.306 e. The van der Waals surface area contributed by atoms with Gasteiger partial charge in [0.25, 0.3) is 0 Å². The SMILES string of the molecule is CC/C=C/C/C=C/C/C=C/C/C=C/C/C=C/C/C=C/CCCC(=O)OCC(COCCC(C(=O)[O-])[N+](C)(C)C)OC(=O)CCCCCCCCC/C=C/CCCCCCCCCCC. The monoisotopic (exact) mass is 894 g/mol. The Bertz CT molecular complexity index is 1320. The standard InChI is InChI=1S/C56H95NO7/c1-6-8-10-12-14-16-18-20-22-24-26-28-30-32-34-36-38-40-42-44-46-54(58)63-51-52(50-62-49-48-53(56(60)61)57(3,4)5)64-55(59)47-45-43-41-39-37-35-33-31-29-27-25-23-21-19-17-15-13-11-9-7-2/h8,10,14,16,20,22,26-29,32,34,38,40,52-53H,6-7,9,11-13,15,17-19,21,23-25,30-31,33,35-37,39,41-51H2,1-5H3/b10-8+,16-14+,22-20+,28-26+,29-27+,34-32+,40-38+. The second-order valence-electron chi connectivity index (χ2n) is 18.0. The van der Waals surface area contributed by atoms with Crippen LogP contribution in [0.25, 0.3) is 0 Å². The average molecular weight is 894 g/mol. The molecule has 0 aliphatic carbocycles. The zero-order valence-electron chi connectivity index (χ0n) is 41.7. The van der Waals surface area contributed by atoms with Gasteiger partial charge in [0, 0.05) is 19.3 Å². The van der Waals surface area contributed by atoms with E-state index in [9.17, 15) is 19.5 Å². The lowest BCUT2D eigenvalue weighted by Crippen LogP contribution is -2.55. The highest BCUT2D eigenvalue weighted by atomic mass is 16.6. The molecule has 0 rings (SSSR count). The van der Waals surface area contributed by atoms with Crippen LogP contribution in [0.5, 0.6) is 0 Å². The fourth-order valence-electron chi connectivity index (χ4n) is 7.08. The highest BCUT2D eigenvalue weighted by Gasteiger charge is 2.25. The number of esters is 2. The van der Waals surface area contributed by atoms with Crippen molar-refractivity contribution in [1.82, 2.24) is 0 Å². The number of quaternary nitrogens is 1. The fourth-order valence-corrected chi connectivity index (χ4v) is 7.08. The van der Waals surface area contributed by atoms with Gasteiger partial charge >= 0.3 is 11.9 Å². The van der Waals surface area contributed by atoms with E-state index in [1.807, 2.05) is 0 Å². The Morgan fingerprint density at radius 1 is 0.484 bits per heavy atom. The maximum absolute atomic E-state index is 12.8. The Hall–Kier alpha value is -3.49. The van der Waals surface area contributed by atoms with Crippen LogP contribution in [-0.2, 0) is 28.6 Å². The van der Waals surface area contributed by atoms with Crippen LogP contribution in [0, 0.1) is 0 Å². The number of carboxylic acids is 1. The van der Waals surface area contributed by atoms with E-state index in [4.69, 9.17) is 14.2 Å². The molecule has 8 heteroatoms. The lowest BCUT2D eigenvalue weighted by molar-refractivity contribution is -0.889. The van der Waals surface area contributed by atoms with Gasteiger partial charge < -0.3 is 28.6 Å². The highest BCUT2D eigenvalue weighted by Crippen LogP contribution is 2.14. The van der Waals surface area contributed by atoms with E-state index in [2.05, 4.69) is 98.9 Å². The van der Waals surface area contributed by atoms with Crippen molar-refractivity contribution in [2.24, 2.45) is 0 Å². The van der Waals surface area contributed by atoms with E-state index in [0.29, 0.717) is 12.8 Å². The van der Waals surface area contributed by atoms with E-state index in [-0.39, 0.29) is 49.1 Å². The Morgan fingerprint density at radius 2 is 0.891 bits per heavy atom. The predicted octanol–water partition coefficient (Wildman–Crippen LogP) is 13.5. The largest absolute Gasteiger partial charge is 0.544 e. The summed E-state index contributed by atoms with van der Waals surface area (Å²) in [5, 5.41) is 11.7. The van der Waals surface area contributed by atoms with E-state index < -0.39 is 18.1 Å². The van der Waals surface area contributed by atoms with Crippen LogP contribution in [-0.4, -0.2) is 75.5 Å². The van der Waals surface area contributed by atoms with Crippen LogP contribution in [0.15, 0.2) is 85.1 Å². The lowest BCUT2D eigenvalue weighted by atomic mass is 10.1. The Kier molecular flexibility index (Phi) is 43.5. The quantitative estimate of drug-likeness (QED) is 0.0260. The lowest BCUT2D eigenvalue weighted by Gasteiger charge is -2.34. The molecule has 0 radical (unpaired) electrons. The average Bonchev–Trinajstić information content (AvgIpc) is 3.26. The third-order valence-electron chi connectivity index (χ3n) is 11.0. The van der Waals surface area contributed by atoms with Crippen LogP contribution in [0.2, 0.25) is 0 Å². The second-order valence-corrected chi connectivity index (χ2v) is 18.0. The molecular formula is C56H95NO7. The Morgan fingerprint density at radius 3 is 1.36 bits per heavy atom. The second kappa shape index (κ2) is 46.1. The van der Waals surface area contributed by atoms with Crippen LogP contribution in [0.3, 0.4) is 0 Å². The number of rotatable bonds is 45. The van der Waals surface area contributed by atoms with Crippen molar-refractivity contribution in [2.75, 3.05) is 41.0 Å². The summed E-state index contributed by atoms with van der Waals surface area (Å²) in [5.74, 6) is -1.82. The van der Waals surface area contributed by atoms with Gasteiger partial charge in [-0.15, -0.1) is 0 Å². The van der Waals surface area contributed by atoms with Gasteiger partial charge in [-0.1, -0.05) is 182 Å². The van der Waals surface area contributed by atoms with Gasteiger partial charge in [-0.3, -0.25) is 9.59 Å². The highest BCUT2D eigenvalue weighted by molar-refractivity contribution is 5.70. The first-order chi connectivity index (χ1) is 31.1. The molecule has 0 spiro atoms. The number of allylic oxidation sites excluding steroid dienone is 14. The van der Waals surface area contributed by atoms with Gasteiger partial charge in [-0.2, -0.15) is 0 Å². The first kappa shape index (κ1) is 60.5. The molecule has 0 saturated carbocycles. The molecule has 0 aliphatic heterocycles. The zero-order chi connectivity index (χ0) is 47.0. The number of carbonyl (C=O) groups excluding carboxylic acids is 3. The van der Waals surface area contributed by atoms with Gasteiger partial charge in [-0.25, -0.2) is 0 Å². The summed E-state index contributed by atoms with van der Waals surface area (Å²) in [6, 6.07) is -0.740. The summed E-state index contributed by atoms with van der Waals surface area (Å²) in [6.45, 7) is 4.49. The molecule has 0 aromatic rings. The topological polar surface area (TPSA) is 102 Å². The number of hydrogen-bond acceptors (Lipinski definition) is 7. The molecule has 0 bridgehead atoms. The molecule has 2 atom stereocenters. The summed E-state index contributed by atoms with van der Waals surface area (Å²) in [6.07, 6.45) is 60.5. The maximum atomic E-state index is 12.8. The van der Waals surface area contributed by atoms with Crippen molar-refractivity contribution < 1.29 is 38.2 Å². The van der Waals surface area contributed by atoms with E-state index in [0.717, 1.165) is 64.2 Å². The number of carboxylic acid groups (broad SMARTS) is 1. The molecule has 0 aromatic heterocycles. The van der Waals surface area contributed by atoms with E-state index in [1.54, 1.807) is 21.1 Å². The summed E-state index contributed by atoms with van der Waals surface area (Å²) >= 11 is 0. The molecule has 64 heavy (non-hydrogen) atoms. The molecule has 0 aromatic carbocycles. The molecule has 2 unspecified atom stereocenters. The van der Waals surface area contributed by atoms with E-state index in [1.165, 1.54) is 96.3 Å². The van der Waals surface area contributed by atoms with Crippen LogP contribution < -0.4 is 5.11 Å². The zero-order valence-corrected chi connectivity index (χ0v) is 41.7. The number of likely N-dealkylation sites (N-methyl/N-ethyl adjacent to an activating group) is 1. The fraction of sp³-hybridized carbons (Fsp3) is 0.696. The first-order valence-electron chi connectivity index (χ1n) is 25.6. The molecule has 0 aliphatic rings. The number of nitrogens with zero attached hydrogens (tertiary/aromatic N) is 1. The van der Waals surface area contributed by atoms with Gasteiger partial charge in [0.2, 0.25) is 0 Å². The van der Waals surface area contributed by atoms with Crippen molar-refractivity contribution in [1.29, 1.82) is 0 Å². The molecule has 0 fully saturated rings. The molecule has 366 valence electrons. The van der Waals surface area contributed by atoms with Gasteiger partial charge in [0.1, 0.15) is 12.6 Å². The van der Waals surface area contributed by atoms with E-state index >= 15 is 0 Å². The molecule has 0 N–H and O–H groups in total. The minimum atomic E-state index is -1.14. The molecule has 0 saturated heterocycles. The Labute approximate surface area is 393 Å². The van der Waals surface area contributed by atoms with Crippen LogP contribution in [0.1, 0.15) is 200 Å². The first-order valence-corrected chi connectivity index (χ1v) is 25.6. The summed E-state index contributed by atoms with van der Waals surface area (Å²) < 4.78 is 17.2. The Balaban J connectivity index is 4.37. The van der Waals surface area contributed by atoms with Crippen molar-refractivity contribution in [2.45, 2.75) is 212 Å². The number of ether oxygens (including phenoxy) is 3. The summed E-state index contributed by atoms with van der Waals surface area (Å²) in [7, 11) is 5.39. The van der Waals surface area contributed by atoms with Gasteiger partial charge in [0.15, 0.2) is 6.10 Å².